The fourth-order valence-electron chi connectivity index (χ4n) is 5.00. The monoisotopic (exact) mass is 530 g/mol. The van der Waals surface area contributed by atoms with Gasteiger partial charge in [-0.2, -0.15) is 10.2 Å². The number of fused-ring (bicyclic) bond motifs is 1. The summed E-state index contributed by atoms with van der Waals surface area (Å²) in [6, 6.07) is 17.1. The topological polar surface area (TPSA) is 126 Å². The molecule has 0 bridgehead atoms. The second-order valence-corrected chi connectivity index (χ2v) is 10.9. The Morgan fingerprint density at radius 2 is 1.62 bits per heavy atom. The van der Waals surface area contributed by atoms with Crippen LogP contribution in [0.4, 0.5) is 10.6 Å². The first-order valence-corrected chi connectivity index (χ1v) is 13.2. The van der Waals surface area contributed by atoms with E-state index in [9.17, 15) is 9.59 Å². The molecule has 4 aromatic rings. The second kappa shape index (κ2) is 10.4. The number of aromatic nitrogens is 4. The van der Waals surface area contributed by atoms with Crippen LogP contribution in [0.25, 0.3) is 22.2 Å². The van der Waals surface area contributed by atoms with Crippen LogP contribution in [0.1, 0.15) is 52.5 Å². The summed E-state index contributed by atoms with van der Waals surface area (Å²) in [5.74, 6) is 1.68. The fourth-order valence-corrected chi connectivity index (χ4v) is 5.00. The zero-order valence-electron chi connectivity index (χ0n) is 22.7. The second-order valence-electron chi connectivity index (χ2n) is 10.9. The molecule has 0 radical (unpaired) electrons. The van der Waals surface area contributed by atoms with Gasteiger partial charge >= 0.3 is 6.09 Å². The number of nitrogens with two attached hydrogens (primary N) is 1. The van der Waals surface area contributed by atoms with Gasteiger partial charge in [0.15, 0.2) is 5.82 Å². The highest BCUT2D eigenvalue weighted by atomic mass is 16.6. The Morgan fingerprint density at radius 3 is 2.26 bits per heavy atom. The molecule has 1 aliphatic carbocycles. The summed E-state index contributed by atoms with van der Waals surface area (Å²) in [6.45, 7) is 5.53. The van der Waals surface area contributed by atoms with Crippen molar-refractivity contribution in [1.29, 1.82) is 0 Å². The molecular formula is C29H34N6O4. The van der Waals surface area contributed by atoms with Gasteiger partial charge in [0.2, 0.25) is 0 Å². The van der Waals surface area contributed by atoms with E-state index in [1.165, 1.54) is 4.68 Å². The van der Waals surface area contributed by atoms with Crippen molar-refractivity contribution in [3.05, 3.63) is 65.0 Å². The summed E-state index contributed by atoms with van der Waals surface area (Å²) >= 11 is 0. The minimum atomic E-state index is -0.550. The van der Waals surface area contributed by atoms with Gasteiger partial charge in [-0.3, -0.25) is 9.48 Å². The summed E-state index contributed by atoms with van der Waals surface area (Å²) in [6.07, 6.45) is 2.56. The number of nitrogens with one attached hydrogen (secondary N) is 1. The summed E-state index contributed by atoms with van der Waals surface area (Å²) in [5, 5.41) is 12.7. The van der Waals surface area contributed by atoms with E-state index in [-0.39, 0.29) is 23.5 Å². The Hall–Kier alpha value is -4.34. The molecule has 0 saturated heterocycles. The number of benzene rings is 2. The molecule has 2 aromatic heterocycles. The predicted octanol–water partition coefficient (Wildman–Crippen LogP) is 5.18. The number of nitrogen functional groups attached to an aromatic ring is 1. The van der Waals surface area contributed by atoms with Crippen molar-refractivity contribution >= 4 is 22.8 Å². The molecule has 2 heterocycles. The molecule has 0 unspecified atom stereocenters. The SMILES string of the molecule is Cn1nc(N)c2c(-c3ccc(Oc4ccccc4)cc3)nn(C3CCC(NC(=O)OC(C)(C)C)CC3)c2c1=O. The molecule has 5 rings (SSSR count). The Morgan fingerprint density at radius 1 is 0.974 bits per heavy atom. The highest BCUT2D eigenvalue weighted by Gasteiger charge is 2.29. The number of rotatable bonds is 5. The number of anilines is 1. The summed E-state index contributed by atoms with van der Waals surface area (Å²) in [4.78, 5) is 25.5. The van der Waals surface area contributed by atoms with E-state index in [0.717, 1.165) is 37.0 Å². The molecule has 10 heteroatoms. The van der Waals surface area contributed by atoms with Crippen LogP contribution in [-0.4, -0.2) is 37.3 Å². The van der Waals surface area contributed by atoms with Gasteiger partial charge in [-0.15, -0.1) is 0 Å². The summed E-state index contributed by atoms with van der Waals surface area (Å²) in [7, 11) is 1.59. The van der Waals surface area contributed by atoms with Gasteiger partial charge in [-0.05, 0) is 82.9 Å². The van der Waals surface area contributed by atoms with Crippen molar-refractivity contribution in [2.24, 2.45) is 7.05 Å². The fraction of sp³-hybridized carbons (Fsp3) is 0.379. The predicted molar refractivity (Wildman–Crippen MR) is 150 cm³/mol. The molecule has 1 fully saturated rings. The van der Waals surface area contributed by atoms with Crippen molar-refractivity contribution in [3.8, 4) is 22.8 Å². The van der Waals surface area contributed by atoms with Crippen LogP contribution in [0.15, 0.2) is 59.4 Å². The third kappa shape index (κ3) is 5.74. The molecule has 39 heavy (non-hydrogen) atoms. The average molecular weight is 531 g/mol. The number of alkyl carbamates (subject to hydrolysis) is 1. The van der Waals surface area contributed by atoms with Crippen LogP contribution < -0.4 is 21.3 Å². The normalized spacial score (nSPS) is 17.6. The molecular weight excluding hydrogens is 496 g/mol. The Bertz CT molecular complexity index is 1530. The number of ether oxygens (including phenoxy) is 2. The van der Waals surface area contributed by atoms with E-state index in [0.29, 0.717) is 22.3 Å². The van der Waals surface area contributed by atoms with Gasteiger partial charge in [0, 0.05) is 18.7 Å². The minimum absolute atomic E-state index is 0.00382. The molecule has 1 amide bonds. The largest absolute Gasteiger partial charge is 0.457 e. The van der Waals surface area contributed by atoms with Gasteiger partial charge in [0.1, 0.15) is 28.3 Å². The van der Waals surface area contributed by atoms with Crippen LogP contribution in [0.2, 0.25) is 0 Å². The van der Waals surface area contributed by atoms with E-state index in [1.807, 2.05) is 80.1 Å². The van der Waals surface area contributed by atoms with E-state index in [2.05, 4.69) is 10.4 Å². The Labute approximate surface area is 226 Å². The standard InChI is InChI=1S/C29H34N6O4/c1-29(2,3)39-28(37)31-19-12-14-20(15-13-19)35-25-23(26(30)33-34(4)27(25)36)24(32-35)18-10-16-22(17-11-18)38-21-8-6-5-7-9-21/h5-11,16-17,19-20H,12-15H2,1-4H3,(H2,30,33)(H,31,37). The van der Waals surface area contributed by atoms with Crippen LogP contribution in [-0.2, 0) is 11.8 Å². The summed E-state index contributed by atoms with van der Waals surface area (Å²) in [5.41, 5.74) is 7.40. The van der Waals surface area contributed by atoms with Gasteiger partial charge in [0.25, 0.3) is 5.56 Å². The lowest BCUT2D eigenvalue weighted by Crippen LogP contribution is -2.41. The summed E-state index contributed by atoms with van der Waals surface area (Å²) < 4.78 is 14.4. The number of aryl methyl sites for hydroxylation is 1. The third-order valence-electron chi connectivity index (χ3n) is 6.79. The lowest BCUT2D eigenvalue weighted by Gasteiger charge is -2.30. The van der Waals surface area contributed by atoms with E-state index < -0.39 is 11.7 Å². The van der Waals surface area contributed by atoms with Crippen molar-refractivity contribution in [3.63, 3.8) is 0 Å². The van der Waals surface area contributed by atoms with Crippen molar-refractivity contribution < 1.29 is 14.3 Å². The first-order chi connectivity index (χ1) is 18.6. The maximum atomic E-state index is 13.3. The number of hydrogen-bond donors (Lipinski definition) is 2. The number of para-hydroxylation sites is 1. The van der Waals surface area contributed by atoms with E-state index in [1.54, 1.807) is 7.05 Å². The first-order valence-electron chi connectivity index (χ1n) is 13.2. The highest BCUT2D eigenvalue weighted by molar-refractivity contribution is 5.99. The molecule has 2 aromatic carbocycles. The Kier molecular flexibility index (Phi) is 7.03. The zero-order chi connectivity index (χ0) is 27.7. The quantitative estimate of drug-likeness (QED) is 0.364. The molecule has 1 saturated carbocycles. The smallest absolute Gasteiger partial charge is 0.407 e. The van der Waals surface area contributed by atoms with Crippen LogP contribution in [0.5, 0.6) is 11.5 Å². The van der Waals surface area contributed by atoms with Crippen molar-refractivity contribution in [2.75, 3.05) is 5.73 Å². The molecule has 204 valence electrons. The lowest BCUT2D eigenvalue weighted by molar-refractivity contribution is 0.0487. The number of carbonyl (C=O) groups excluding carboxylic acids is 1. The molecule has 1 aliphatic rings. The third-order valence-corrected chi connectivity index (χ3v) is 6.79. The molecule has 10 nitrogen and oxygen atoms in total. The van der Waals surface area contributed by atoms with Crippen molar-refractivity contribution in [2.45, 2.75) is 64.1 Å². The minimum Gasteiger partial charge on any atom is -0.457 e. The number of hydrogen-bond acceptors (Lipinski definition) is 7. The molecule has 0 spiro atoms. The number of nitrogens with zero attached hydrogens (tertiary/aromatic N) is 4. The van der Waals surface area contributed by atoms with E-state index in [4.69, 9.17) is 20.3 Å². The van der Waals surface area contributed by atoms with Gasteiger partial charge < -0.3 is 20.5 Å². The molecule has 0 aliphatic heterocycles. The van der Waals surface area contributed by atoms with Crippen LogP contribution in [0, 0.1) is 0 Å². The van der Waals surface area contributed by atoms with Gasteiger partial charge in [0.05, 0.1) is 11.4 Å². The van der Waals surface area contributed by atoms with Gasteiger partial charge in [-0.25, -0.2) is 9.48 Å². The first kappa shape index (κ1) is 26.3. The van der Waals surface area contributed by atoms with Crippen LogP contribution >= 0.6 is 0 Å². The maximum Gasteiger partial charge on any atom is 0.407 e. The average Bonchev–Trinajstić information content (AvgIpc) is 3.29. The number of carbonyl (C=O) groups is 1. The molecule has 0 atom stereocenters. The maximum absolute atomic E-state index is 13.3. The zero-order valence-corrected chi connectivity index (χ0v) is 22.7. The lowest BCUT2D eigenvalue weighted by atomic mass is 9.91. The number of amides is 1. The van der Waals surface area contributed by atoms with Gasteiger partial charge in [-0.1, -0.05) is 18.2 Å². The van der Waals surface area contributed by atoms with E-state index >= 15 is 0 Å². The molecule has 3 N–H and O–H groups in total. The van der Waals surface area contributed by atoms with Crippen molar-refractivity contribution in [1.82, 2.24) is 24.9 Å². The highest BCUT2D eigenvalue weighted by Crippen LogP contribution is 2.36. The van der Waals surface area contributed by atoms with Crippen LogP contribution in [0.3, 0.4) is 0 Å². The Balaban J connectivity index is 1.42.